The molecule has 1 aliphatic heterocycles. The van der Waals surface area contributed by atoms with Gasteiger partial charge in [-0.05, 0) is 31.2 Å². The zero-order valence-electron chi connectivity index (χ0n) is 10.8. The number of imidazole rings is 1. The number of hydrogen-bond acceptors (Lipinski definition) is 3. The number of benzene rings is 1. The minimum Gasteiger partial charge on any atom is -0.390 e. The van der Waals surface area contributed by atoms with Crippen LogP contribution in [0.5, 0.6) is 0 Å². The summed E-state index contributed by atoms with van der Waals surface area (Å²) < 4.78 is 15.2. The number of aromatic nitrogens is 2. The molecule has 0 spiro atoms. The topological polar surface area (TPSA) is 50.1 Å². The Morgan fingerprint density at radius 1 is 1.45 bits per heavy atom. The fraction of sp³-hybridized carbons (Fsp3) is 0.357. The molecule has 0 amide bonds. The molecule has 20 heavy (non-hydrogen) atoms. The minimum atomic E-state index is -0.465. The molecular formula is C14H15ClFN3O. The van der Waals surface area contributed by atoms with Crippen LogP contribution >= 0.6 is 11.6 Å². The van der Waals surface area contributed by atoms with Gasteiger partial charge in [0.1, 0.15) is 11.6 Å². The summed E-state index contributed by atoms with van der Waals surface area (Å²) in [7, 11) is 0. The van der Waals surface area contributed by atoms with Crippen molar-refractivity contribution < 1.29 is 9.50 Å². The van der Waals surface area contributed by atoms with E-state index in [1.165, 1.54) is 6.07 Å². The summed E-state index contributed by atoms with van der Waals surface area (Å²) in [6, 6.07) is 4.50. The van der Waals surface area contributed by atoms with Gasteiger partial charge in [-0.15, -0.1) is 0 Å². The summed E-state index contributed by atoms with van der Waals surface area (Å²) in [5.41, 5.74) is 0.743. The average molecular weight is 296 g/mol. The Labute approximate surface area is 121 Å². The number of aliphatic hydroxyl groups excluding tert-OH is 1. The predicted octanol–water partition coefficient (Wildman–Crippen LogP) is 2.24. The fourth-order valence-corrected chi connectivity index (χ4v) is 2.77. The molecule has 6 heteroatoms. The molecule has 2 N–H and O–H groups in total. The van der Waals surface area contributed by atoms with E-state index in [0.29, 0.717) is 12.4 Å². The fourth-order valence-electron chi connectivity index (χ4n) is 2.59. The largest absolute Gasteiger partial charge is 0.390 e. The van der Waals surface area contributed by atoms with Crippen molar-refractivity contribution in [3.63, 3.8) is 0 Å². The van der Waals surface area contributed by atoms with Gasteiger partial charge in [0.25, 0.3) is 0 Å². The van der Waals surface area contributed by atoms with E-state index in [-0.39, 0.29) is 11.1 Å². The molecule has 0 aliphatic carbocycles. The lowest BCUT2D eigenvalue weighted by Crippen LogP contribution is -2.41. The standard InChI is InChI=1S/C14H15ClFN3O/c15-10-7-9(1-2-11(10)16)14-18-5-6-19(14)12-3-4-17-8-13(12)20/h1-2,5-7,12-13,17,20H,3-4,8H2/t12-,13-/m0/s1. The van der Waals surface area contributed by atoms with E-state index in [0.717, 1.165) is 18.5 Å². The van der Waals surface area contributed by atoms with Crippen LogP contribution in [0.25, 0.3) is 11.4 Å². The van der Waals surface area contributed by atoms with Crippen LogP contribution in [-0.2, 0) is 0 Å². The Kier molecular flexibility index (Phi) is 3.74. The number of piperidine rings is 1. The van der Waals surface area contributed by atoms with Crippen LogP contribution in [0.3, 0.4) is 0 Å². The lowest BCUT2D eigenvalue weighted by atomic mass is 10.0. The number of halogens is 2. The SMILES string of the molecule is O[C@H]1CNCC[C@@H]1n1ccnc1-c1ccc(F)c(Cl)c1. The summed E-state index contributed by atoms with van der Waals surface area (Å²) in [5, 5.41) is 13.3. The van der Waals surface area contributed by atoms with E-state index < -0.39 is 11.9 Å². The van der Waals surface area contributed by atoms with Crippen molar-refractivity contribution in [1.29, 1.82) is 0 Å². The van der Waals surface area contributed by atoms with Crippen molar-refractivity contribution in [2.24, 2.45) is 0 Å². The van der Waals surface area contributed by atoms with Gasteiger partial charge in [-0.1, -0.05) is 11.6 Å². The highest BCUT2D eigenvalue weighted by Crippen LogP contribution is 2.28. The van der Waals surface area contributed by atoms with Crippen LogP contribution in [0.1, 0.15) is 12.5 Å². The normalized spacial score (nSPS) is 22.9. The maximum atomic E-state index is 13.3. The molecule has 2 heterocycles. The van der Waals surface area contributed by atoms with Gasteiger partial charge in [-0.2, -0.15) is 0 Å². The molecule has 0 bridgehead atoms. The Bertz CT molecular complexity index is 616. The summed E-state index contributed by atoms with van der Waals surface area (Å²) in [5.74, 6) is 0.244. The molecule has 106 valence electrons. The van der Waals surface area contributed by atoms with Gasteiger partial charge in [0.15, 0.2) is 0 Å². The Hall–Kier alpha value is -1.43. The monoisotopic (exact) mass is 295 g/mol. The molecule has 1 aromatic carbocycles. The van der Waals surface area contributed by atoms with Crippen LogP contribution in [0.2, 0.25) is 5.02 Å². The van der Waals surface area contributed by atoms with Crippen molar-refractivity contribution in [2.75, 3.05) is 13.1 Å². The minimum absolute atomic E-state index is 0.0300. The van der Waals surface area contributed by atoms with Gasteiger partial charge in [-0.25, -0.2) is 9.37 Å². The highest BCUT2D eigenvalue weighted by atomic mass is 35.5. The summed E-state index contributed by atoms with van der Waals surface area (Å²) in [6.45, 7) is 1.41. The van der Waals surface area contributed by atoms with Crippen molar-refractivity contribution >= 4 is 11.6 Å². The van der Waals surface area contributed by atoms with Crippen LogP contribution in [0.4, 0.5) is 4.39 Å². The molecule has 3 rings (SSSR count). The van der Waals surface area contributed by atoms with Crippen LogP contribution in [0.15, 0.2) is 30.6 Å². The van der Waals surface area contributed by atoms with Gasteiger partial charge in [0, 0.05) is 24.5 Å². The number of β-amino-alcohol motifs (C(OH)–C–C–N with tert-alkyl or cyclic N) is 1. The maximum absolute atomic E-state index is 13.3. The first-order valence-corrected chi connectivity index (χ1v) is 6.91. The lowest BCUT2D eigenvalue weighted by Gasteiger charge is -2.30. The molecule has 1 saturated heterocycles. The van der Waals surface area contributed by atoms with E-state index in [9.17, 15) is 9.50 Å². The van der Waals surface area contributed by atoms with E-state index in [1.807, 2.05) is 10.8 Å². The van der Waals surface area contributed by atoms with E-state index in [4.69, 9.17) is 11.6 Å². The highest BCUT2D eigenvalue weighted by Gasteiger charge is 2.26. The third-order valence-corrected chi connectivity index (χ3v) is 3.91. The molecule has 1 aromatic heterocycles. The average Bonchev–Trinajstić information content (AvgIpc) is 2.91. The third-order valence-electron chi connectivity index (χ3n) is 3.62. The first kappa shape index (κ1) is 13.5. The molecule has 0 unspecified atom stereocenters. The third kappa shape index (κ3) is 2.44. The molecular weight excluding hydrogens is 281 g/mol. The first-order chi connectivity index (χ1) is 9.66. The van der Waals surface area contributed by atoms with Gasteiger partial charge in [0.2, 0.25) is 0 Å². The van der Waals surface area contributed by atoms with E-state index in [1.54, 1.807) is 18.3 Å². The quantitative estimate of drug-likeness (QED) is 0.893. The number of nitrogens with one attached hydrogen (secondary N) is 1. The number of hydrogen-bond donors (Lipinski definition) is 2. The molecule has 1 aliphatic rings. The summed E-state index contributed by atoms with van der Waals surface area (Å²) >= 11 is 5.83. The van der Waals surface area contributed by atoms with E-state index in [2.05, 4.69) is 10.3 Å². The van der Waals surface area contributed by atoms with Crippen LogP contribution in [0, 0.1) is 5.82 Å². The van der Waals surface area contributed by atoms with Crippen LogP contribution < -0.4 is 5.32 Å². The smallest absolute Gasteiger partial charge is 0.141 e. The first-order valence-electron chi connectivity index (χ1n) is 6.54. The van der Waals surface area contributed by atoms with Crippen molar-refractivity contribution in [3.8, 4) is 11.4 Å². The predicted molar refractivity (Wildman–Crippen MR) is 75.2 cm³/mol. The second kappa shape index (κ2) is 5.52. The van der Waals surface area contributed by atoms with Gasteiger partial charge in [-0.3, -0.25) is 0 Å². The number of rotatable bonds is 2. The van der Waals surface area contributed by atoms with E-state index >= 15 is 0 Å². The second-order valence-corrected chi connectivity index (χ2v) is 5.32. The highest BCUT2D eigenvalue weighted by molar-refractivity contribution is 6.31. The number of aliphatic hydroxyl groups is 1. The summed E-state index contributed by atoms with van der Waals surface area (Å²) in [4.78, 5) is 4.32. The molecule has 0 saturated carbocycles. The lowest BCUT2D eigenvalue weighted by molar-refractivity contribution is 0.0880. The van der Waals surface area contributed by atoms with Crippen molar-refractivity contribution in [2.45, 2.75) is 18.6 Å². The van der Waals surface area contributed by atoms with Crippen molar-refractivity contribution in [3.05, 3.63) is 41.4 Å². The Morgan fingerprint density at radius 3 is 3.05 bits per heavy atom. The molecule has 0 radical (unpaired) electrons. The Morgan fingerprint density at radius 2 is 2.30 bits per heavy atom. The Balaban J connectivity index is 1.98. The molecule has 2 aromatic rings. The molecule has 4 nitrogen and oxygen atoms in total. The van der Waals surface area contributed by atoms with Gasteiger partial charge >= 0.3 is 0 Å². The van der Waals surface area contributed by atoms with Crippen LogP contribution in [-0.4, -0.2) is 33.9 Å². The number of nitrogens with zero attached hydrogens (tertiary/aromatic N) is 2. The second-order valence-electron chi connectivity index (χ2n) is 4.91. The van der Waals surface area contributed by atoms with Gasteiger partial charge < -0.3 is 15.0 Å². The van der Waals surface area contributed by atoms with Crippen molar-refractivity contribution in [1.82, 2.24) is 14.9 Å². The summed E-state index contributed by atoms with van der Waals surface area (Å²) in [6.07, 6.45) is 3.87. The zero-order valence-corrected chi connectivity index (χ0v) is 11.5. The zero-order chi connectivity index (χ0) is 14.1. The molecule has 1 fully saturated rings. The maximum Gasteiger partial charge on any atom is 0.141 e. The van der Waals surface area contributed by atoms with Gasteiger partial charge in [0.05, 0.1) is 17.2 Å². The molecule has 2 atom stereocenters.